The minimum absolute atomic E-state index is 0.0662. The number of nitrogens with one attached hydrogen (secondary N) is 1. The minimum atomic E-state index is -0.619. The number of hydrogen-bond donors (Lipinski definition) is 1. The molecule has 2 aromatic rings. The number of rotatable bonds is 10. The number of benzene rings is 2. The number of nitrogens with zero attached hydrogens (tertiary/aromatic N) is 4. The number of anilines is 1. The monoisotopic (exact) mass is 465 g/mol. The van der Waals surface area contributed by atoms with Crippen LogP contribution in [0.15, 0.2) is 36.4 Å². The van der Waals surface area contributed by atoms with Crippen molar-refractivity contribution in [3.05, 3.63) is 64.5 Å². The summed E-state index contributed by atoms with van der Waals surface area (Å²) in [6, 6.07) is 12.6. The van der Waals surface area contributed by atoms with Gasteiger partial charge in [0.05, 0.1) is 18.7 Å². The predicted molar refractivity (Wildman–Crippen MR) is 129 cm³/mol. The topological polar surface area (TPSA) is 79.7 Å². The summed E-state index contributed by atoms with van der Waals surface area (Å²) >= 11 is 0. The van der Waals surface area contributed by atoms with Crippen molar-refractivity contribution < 1.29 is 14.0 Å². The average molecular weight is 466 g/mol. The lowest BCUT2D eigenvalue weighted by Gasteiger charge is -2.32. The summed E-state index contributed by atoms with van der Waals surface area (Å²) < 4.78 is 14.1. The summed E-state index contributed by atoms with van der Waals surface area (Å²) in [4.78, 5) is 27.5. The van der Waals surface area contributed by atoms with Gasteiger partial charge in [-0.2, -0.15) is 5.26 Å². The number of fused-ring (bicyclic) bond motifs is 1. The minimum Gasteiger partial charge on any atom is -0.355 e. The number of carbonyl (C=O) groups excluding carboxylic acids is 2. The largest absolute Gasteiger partial charge is 0.355 e. The number of nitriles is 1. The molecule has 1 N–H and O–H groups in total. The fourth-order valence-electron chi connectivity index (χ4n) is 4.10. The van der Waals surface area contributed by atoms with Gasteiger partial charge in [-0.1, -0.05) is 44.0 Å². The van der Waals surface area contributed by atoms with Crippen molar-refractivity contribution in [2.24, 2.45) is 0 Å². The first-order valence-corrected chi connectivity index (χ1v) is 11.6. The molecule has 0 aromatic heterocycles. The fourth-order valence-corrected chi connectivity index (χ4v) is 4.10. The third-order valence-electron chi connectivity index (χ3n) is 6.12. The quantitative estimate of drug-likeness (QED) is 0.543. The molecular weight excluding hydrogens is 433 g/mol. The van der Waals surface area contributed by atoms with Gasteiger partial charge in [0.15, 0.2) is 0 Å². The van der Waals surface area contributed by atoms with E-state index in [2.05, 4.69) is 12.2 Å². The van der Waals surface area contributed by atoms with Crippen LogP contribution in [0.1, 0.15) is 48.4 Å². The molecule has 2 aromatic carbocycles. The molecule has 180 valence electrons. The van der Waals surface area contributed by atoms with Gasteiger partial charge in [-0.05, 0) is 42.2 Å². The number of carbonyl (C=O) groups is 2. The van der Waals surface area contributed by atoms with E-state index in [1.807, 2.05) is 35.3 Å². The second-order valence-corrected chi connectivity index (χ2v) is 8.65. The lowest BCUT2D eigenvalue weighted by atomic mass is 10.1. The van der Waals surface area contributed by atoms with Gasteiger partial charge in [0, 0.05) is 32.4 Å². The number of halogens is 1. The molecule has 2 amide bonds. The smallest absolute Gasteiger partial charge is 0.256 e. The molecule has 0 saturated carbocycles. The molecule has 0 spiro atoms. The second-order valence-electron chi connectivity index (χ2n) is 8.65. The first kappa shape index (κ1) is 25.2. The molecule has 0 bridgehead atoms. The van der Waals surface area contributed by atoms with Gasteiger partial charge in [-0.3, -0.25) is 14.6 Å². The Morgan fingerprint density at radius 1 is 1.15 bits per heavy atom. The van der Waals surface area contributed by atoms with E-state index >= 15 is 0 Å². The maximum Gasteiger partial charge on any atom is 0.256 e. The fraction of sp³-hybridized carbons (Fsp3) is 0.423. The van der Waals surface area contributed by atoms with Crippen LogP contribution in [-0.4, -0.2) is 48.5 Å². The van der Waals surface area contributed by atoms with Crippen molar-refractivity contribution in [1.82, 2.24) is 15.3 Å². The van der Waals surface area contributed by atoms with E-state index in [1.165, 1.54) is 23.3 Å². The zero-order chi connectivity index (χ0) is 24.7. The molecule has 1 aliphatic heterocycles. The zero-order valence-electron chi connectivity index (χ0n) is 20.1. The lowest BCUT2D eigenvalue weighted by Crippen LogP contribution is -2.48. The number of unbranched alkanes of at least 4 members (excludes halogenated alkanes) is 2. The zero-order valence-corrected chi connectivity index (χ0v) is 20.1. The summed E-state index contributed by atoms with van der Waals surface area (Å²) in [6.07, 6.45) is 2.95. The van der Waals surface area contributed by atoms with Crippen molar-refractivity contribution in [3.63, 3.8) is 0 Å². The standard InChI is InChI=1S/C26H32FN5O2/c1-4-5-8-11-29-25(33)17-31(24-13-22(14-28)23(27)12-19(24)2)18-26(34)30(3)32-15-20-9-6-7-10-21(20)16-32/h6-7,9-10,12-13H,4-5,8,11,15-18H2,1-3H3,(H,29,33). The van der Waals surface area contributed by atoms with Gasteiger partial charge >= 0.3 is 0 Å². The predicted octanol–water partition coefficient (Wildman–Crippen LogP) is 3.51. The van der Waals surface area contributed by atoms with Gasteiger partial charge in [-0.25, -0.2) is 9.40 Å². The Morgan fingerprint density at radius 2 is 1.82 bits per heavy atom. The Hall–Kier alpha value is -3.44. The van der Waals surface area contributed by atoms with Crippen molar-refractivity contribution in [2.45, 2.75) is 46.2 Å². The molecule has 0 atom stereocenters. The molecule has 0 aliphatic carbocycles. The number of likely N-dealkylation sites (N-methyl/N-ethyl adjacent to an activating group) is 1. The molecule has 34 heavy (non-hydrogen) atoms. The van der Waals surface area contributed by atoms with Crippen LogP contribution in [0.2, 0.25) is 0 Å². The van der Waals surface area contributed by atoms with Gasteiger partial charge < -0.3 is 10.2 Å². The van der Waals surface area contributed by atoms with E-state index in [0.717, 1.165) is 19.3 Å². The van der Waals surface area contributed by atoms with E-state index in [4.69, 9.17) is 0 Å². The van der Waals surface area contributed by atoms with Crippen LogP contribution in [0.25, 0.3) is 0 Å². The Balaban J connectivity index is 1.76. The first-order valence-electron chi connectivity index (χ1n) is 11.6. The van der Waals surface area contributed by atoms with E-state index < -0.39 is 5.82 Å². The van der Waals surface area contributed by atoms with Crippen molar-refractivity contribution in [2.75, 3.05) is 31.6 Å². The molecule has 3 rings (SSSR count). The van der Waals surface area contributed by atoms with Crippen molar-refractivity contribution in [3.8, 4) is 6.07 Å². The molecule has 0 fully saturated rings. The average Bonchev–Trinajstić information content (AvgIpc) is 3.25. The SMILES string of the molecule is CCCCCNC(=O)CN(CC(=O)N(C)N1Cc2ccccc2C1)c1cc(C#N)c(F)cc1C. The molecular formula is C26H32FN5O2. The number of aryl methyl sites for hydroxylation is 1. The number of amides is 2. The maximum atomic E-state index is 14.1. The summed E-state index contributed by atoms with van der Waals surface area (Å²) in [5, 5.41) is 15.7. The van der Waals surface area contributed by atoms with Crippen LogP contribution >= 0.6 is 0 Å². The van der Waals surface area contributed by atoms with Crippen LogP contribution in [0, 0.1) is 24.1 Å². The Bertz CT molecular complexity index is 1060. The Morgan fingerprint density at radius 3 is 2.44 bits per heavy atom. The lowest BCUT2D eigenvalue weighted by molar-refractivity contribution is -0.145. The first-order chi connectivity index (χ1) is 16.3. The molecule has 0 unspecified atom stereocenters. The third-order valence-corrected chi connectivity index (χ3v) is 6.12. The highest BCUT2D eigenvalue weighted by atomic mass is 19.1. The number of hydrazine groups is 1. The van der Waals surface area contributed by atoms with Crippen LogP contribution < -0.4 is 10.2 Å². The van der Waals surface area contributed by atoms with Crippen molar-refractivity contribution >= 4 is 17.5 Å². The van der Waals surface area contributed by atoms with Gasteiger partial charge in [0.2, 0.25) is 5.91 Å². The number of hydrogen-bond acceptors (Lipinski definition) is 5. The third kappa shape index (κ3) is 6.12. The highest BCUT2D eigenvalue weighted by Crippen LogP contribution is 2.26. The normalized spacial score (nSPS) is 12.7. The van der Waals surface area contributed by atoms with E-state index in [1.54, 1.807) is 23.9 Å². The van der Waals surface area contributed by atoms with Crippen molar-refractivity contribution in [1.29, 1.82) is 5.26 Å². The summed E-state index contributed by atoms with van der Waals surface area (Å²) in [7, 11) is 1.72. The van der Waals surface area contributed by atoms with Gasteiger partial charge in [-0.15, -0.1) is 0 Å². The molecule has 8 heteroatoms. The second kappa shape index (κ2) is 11.6. The Labute approximate surface area is 200 Å². The highest BCUT2D eigenvalue weighted by Gasteiger charge is 2.27. The van der Waals surface area contributed by atoms with Gasteiger partial charge in [0.25, 0.3) is 5.91 Å². The Kier molecular flexibility index (Phi) is 8.61. The van der Waals surface area contributed by atoms with E-state index in [-0.39, 0.29) is 30.5 Å². The van der Waals surface area contributed by atoms with E-state index in [9.17, 15) is 19.2 Å². The van der Waals surface area contributed by atoms with Crippen LogP contribution in [0.5, 0.6) is 0 Å². The van der Waals surface area contributed by atoms with E-state index in [0.29, 0.717) is 30.9 Å². The molecule has 0 saturated heterocycles. The summed E-state index contributed by atoms with van der Waals surface area (Å²) in [5.74, 6) is -1.04. The van der Waals surface area contributed by atoms with Gasteiger partial charge in [0.1, 0.15) is 11.9 Å². The van der Waals surface area contributed by atoms with Crippen LogP contribution in [0.3, 0.4) is 0 Å². The van der Waals surface area contributed by atoms with Crippen LogP contribution in [-0.2, 0) is 22.7 Å². The molecule has 1 heterocycles. The van der Waals surface area contributed by atoms with Crippen LogP contribution in [0.4, 0.5) is 10.1 Å². The maximum absolute atomic E-state index is 14.1. The summed E-state index contributed by atoms with van der Waals surface area (Å²) in [5.41, 5.74) is 3.29. The molecule has 0 radical (unpaired) electrons. The highest BCUT2D eigenvalue weighted by molar-refractivity contribution is 5.86. The molecule has 1 aliphatic rings. The summed E-state index contributed by atoms with van der Waals surface area (Å²) in [6.45, 7) is 5.47. The molecule has 7 nitrogen and oxygen atoms in total.